The second-order valence-corrected chi connectivity index (χ2v) is 4.90. The van der Waals surface area contributed by atoms with E-state index in [9.17, 15) is 14.7 Å². The molecule has 1 heterocycles. The number of aliphatic carboxylic acids is 1. The van der Waals surface area contributed by atoms with Gasteiger partial charge in [0.1, 0.15) is 11.6 Å². The van der Waals surface area contributed by atoms with Crippen LogP contribution in [0.5, 0.6) is 0 Å². The van der Waals surface area contributed by atoms with Crippen LogP contribution in [0.25, 0.3) is 11.0 Å². The third kappa shape index (κ3) is 3.16. The Bertz CT molecular complexity index is 667. The van der Waals surface area contributed by atoms with E-state index in [-0.39, 0.29) is 5.92 Å². The van der Waals surface area contributed by atoms with E-state index < -0.39 is 17.9 Å². The molecule has 2 atom stereocenters. The van der Waals surface area contributed by atoms with Crippen molar-refractivity contribution < 1.29 is 14.7 Å². The van der Waals surface area contributed by atoms with Crippen molar-refractivity contribution in [3.05, 3.63) is 36.2 Å². The summed E-state index contributed by atoms with van der Waals surface area (Å²) in [5.41, 5.74) is 1.39. The lowest BCUT2D eigenvalue weighted by molar-refractivity contribution is -0.140. The molecule has 21 heavy (non-hydrogen) atoms. The minimum atomic E-state index is -1.04. The quantitative estimate of drug-likeness (QED) is 0.875. The third-order valence-corrected chi connectivity index (χ3v) is 3.51. The number of nitrogens with one attached hydrogen (secondary N) is 1. The summed E-state index contributed by atoms with van der Waals surface area (Å²) in [6.07, 6.45) is 3.71. The van der Waals surface area contributed by atoms with Crippen LogP contribution in [0.1, 0.15) is 30.6 Å². The van der Waals surface area contributed by atoms with Gasteiger partial charge in [0.05, 0.1) is 11.1 Å². The zero-order chi connectivity index (χ0) is 15.4. The Labute approximate surface area is 122 Å². The highest BCUT2D eigenvalue weighted by Crippen LogP contribution is 2.15. The van der Waals surface area contributed by atoms with E-state index in [0.29, 0.717) is 23.0 Å². The number of aromatic nitrogens is 2. The Kier molecular flexibility index (Phi) is 4.47. The molecule has 2 aromatic rings. The number of hydrogen-bond acceptors (Lipinski definition) is 4. The zero-order valence-corrected chi connectivity index (χ0v) is 11.9. The van der Waals surface area contributed by atoms with E-state index in [4.69, 9.17) is 0 Å². The Hall–Kier alpha value is -2.50. The summed E-state index contributed by atoms with van der Waals surface area (Å²) in [5, 5.41) is 11.8. The van der Waals surface area contributed by atoms with Gasteiger partial charge in [0.25, 0.3) is 5.91 Å². The van der Waals surface area contributed by atoms with E-state index in [1.807, 2.05) is 6.92 Å². The Morgan fingerprint density at radius 3 is 2.67 bits per heavy atom. The second-order valence-electron chi connectivity index (χ2n) is 4.90. The minimum absolute atomic E-state index is 0.160. The normalized spacial score (nSPS) is 13.6. The minimum Gasteiger partial charge on any atom is -0.480 e. The maximum absolute atomic E-state index is 12.4. The first-order chi connectivity index (χ1) is 10.0. The number of hydrogen-bond donors (Lipinski definition) is 2. The first-order valence-electron chi connectivity index (χ1n) is 6.78. The standard InChI is InChI=1S/C15H17N3O3/c1-3-9(2)12(15(20)21)18-14(19)10-5-4-6-11-13(10)17-8-7-16-11/h4-9,12H,3H2,1-2H3,(H,18,19)(H,20,21)/t9-,12-/m0/s1. The topological polar surface area (TPSA) is 92.2 Å². The van der Waals surface area contributed by atoms with Crippen molar-refractivity contribution in [2.75, 3.05) is 0 Å². The van der Waals surface area contributed by atoms with Gasteiger partial charge in [-0.1, -0.05) is 26.3 Å². The van der Waals surface area contributed by atoms with Gasteiger partial charge in [-0.3, -0.25) is 14.8 Å². The molecule has 6 heteroatoms. The zero-order valence-electron chi connectivity index (χ0n) is 11.9. The number of carboxylic acid groups (broad SMARTS) is 1. The van der Waals surface area contributed by atoms with Crippen LogP contribution in [0.4, 0.5) is 0 Å². The van der Waals surface area contributed by atoms with E-state index in [2.05, 4.69) is 15.3 Å². The van der Waals surface area contributed by atoms with Crippen molar-refractivity contribution in [2.24, 2.45) is 5.92 Å². The van der Waals surface area contributed by atoms with E-state index >= 15 is 0 Å². The van der Waals surface area contributed by atoms with Crippen LogP contribution in [-0.4, -0.2) is 33.0 Å². The highest BCUT2D eigenvalue weighted by Gasteiger charge is 2.26. The molecule has 2 rings (SSSR count). The molecule has 110 valence electrons. The van der Waals surface area contributed by atoms with Crippen molar-refractivity contribution in [2.45, 2.75) is 26.3 Å². The number of carboxylic acids is 1. The molecule has 0 radical (unpaired) electrons. The average molecular weight is 287 g/mol. The molecule has 0 spiro atoms. The number of rotatable bonds is 5. The van der Waals surface area contributed by atoms with Crippen molar-refractivity contribution in [3.63, 3.8) is 0 Å². The van der Waals surface area contributed by atoms with Crippen LogP contribution in [-0.2, 0) is 4.79 Å². The van der Waals surface area contributed by atoms with Gasteiger partial charge in [-0.2, -0.15) is 0 Å². The molecule has 1 aromatic heterocycles. The first-order valence-corrected chi connectivity index (χ1v) is 6.78. The van der Waals surface area contributed by atoms with E-state index in [0.717, 1.165) is 0 Å². The van der Waals surface area contributed by atoms with Gasteiger partial charge in [0, 0.05) is 12.4 Å². The molecule has 1 aromatic carbocycles. The molecule has 0 fully saturated rings. The number of para-hydroxylation sites is 1. The molecular formula is C15H17N3O3. The number of amides is 1. The van der Waals surface area contributed by atoms with E-state index in [1.54, 1.807) is 31.3 Å². The summed E-state index contributed by atoms with van der Waals surface area (Å²) in [6.45, 7) is 3.68. The molecule has 0 saturated carbocycles. The largest absolute Gasteiger partial charge is 0.480 e. The summed E-state index contributed by atoms with van der Waals surface area (Å²) >= 11 is 0. The molecule has 1 amide bonds. The van der Waals surface area contributed by atoms with Crippen molar-refractivity contribution in [1.29, 1.82) is 0 Å². The van der Waals surface area contributed by atoms with Gasteiger partial charge in [-0.15, -0.1) is 0 Å². The number of carbonyl (C=O) groups is 2. The van der Waals surface area contributed by atoms with Gasteiger partial charge in [-0.25, -0.2) is 4.79 Å². The highest BCUT2D eigenvalue weighted by molar-refractivity contribution is 6.05. The van der Waals surface area contributed by atoms with Crippen molar-refractivity contribution >= 4 is 22.9 Å². The molecule has 0 aliphatic heterocycles. The lowest BCUT2D eigenvalue weighted by Gasteiger charge is -2.20. The summed E-state index contributed by atoms with van der Waals surface area (Å²) in [5.74, 6) is -1.65. The lowest BCUT2D eigenvalue weighted by atomic mass is 9.99. The smallest absolute Gasteiger partial charge is 0.326 e. The fourth-order valence-electron chi connectivity index (χ4n) is 2.08. The predicted octanol–water partition coefficient (Wildman–Crippen LogP) is 1.86. The lowest BCUT2D eigenvalue weighted by Crippen LogP contribution is -2.45. The van der Waals surface area contributed by atoms with Gasteiger partial charge in [0.15, 0.2) is 0 Å². The van der Waals surface area contributed by atoms with Gasteiger partial charge in [-0.05, 0) is 18.1 Å². The van der Waals surface area contributed by atoms with Crippen LogP contribution in [0.2, 0.25) is 0 Å². The fraction of sp³-hybridized carbons (Fsp3) is 0.333. The van der Waals surface area contributed by atoms with Crippen LogP contribution in [0.15, 0.2) is 30.6 Å². The average Bonchev–Trinajstić information content (AvgIpc) is 2.50. The maximum Gasteiger partial charge on any atom is 0.326 e. The molecule has 0 aliphatic carbocycles. The van der Waals surface area contributed by atoms with Crippen LogP contribution < -0.4 is 5.32 Å². The summed E-state index contributed by atoms with van der Waals surface area (Å²) in [6, 6.07) is 4.14. The van der Waals surface area contributed by atoms with Gasteiger partial charge < -0.3 is 10.4 Å². The molecular weight excluding hydrogens is 270 g/mol. The molecule has 2 N–H and O–H groups in total. The SMILES string of the molecule is CC[C@H](C)[C@H](NC(=O)c1cccc2nccnc12)C(=O)O. The first kappa shape index (κ1) is 14.9. The highest BCUT2D eigenvalue weighted by atomic mass is 16.4. The van der Waals surface area contributed by atoms with Crippen molar-refractivity contribution in [1.82, 2.24) is 15.3 Å². The number of benzene rings is 1. The van der Waals surface area contributed by atoms with E-state index in [1.165, 1.54) is 6.20 Å². The number of fused-ring (bicyclic) bond motifs is 1. The third-order valence-electron chi connectivity index (χ3n) is 3.51. The summed E-state index contributed by atoms with van der Waals surface area (Å²) < 4.78 is 0. The Morgan fingerprint density at radius 1 is 1.29 bits per heavy atom. The van der Waals surface area contributed by atoms with Crippen LogP contribution in [0, 0.1) is 5.92 Å². The molecule has 0 aliphatic rings. The number of nitrogens with zero attached hydrogens (tertiary/aromatic N) is 2. The molecule has 0 unspecified atom stereocenters. The Balaban J connectivity index is 2.32. The monoisotopic (exact) mass is 287 g/mol. The summed E-state index contributed by atoms with van der Waals surface area (Å²) in [4.78, 5) is 31.9. The van der Waals surface area contributed by atoms with Crippen molar-refractivity contribution in [3.8, 4) is 0 Å². The van der Waals surface area contributed by atoms with Gasteiger partial charge >= 0.3 is 5.97 Å². The van der Waals surface area contributed by atoms with Crippen LogP contribution in [0.3, 0.4) is 0 Å². The van der Waals surface area contributed by atoms with Crippen LogP contribution >= 0.6 is 0 Å². The molecule has 0 saturated heterocycles. The fourth-order valence-corrected chi connectivity index (χ4v) is 2.08. The second kappa shape index (κ2) is 6.30. The maximum atomic E-state index is 12.4. The number of carbonyl (C=O) groups excluding carboxylic acids is 1. The Morgan fingerprint density at radius 2 is 2.00 bits per heavy atom. The predicted molar refractivity (Wildman–Crippen MR) is 77.9 cm³/mol. The summed E-state index contributed by atoms with van der Waals surface area (Å²) in [7, 11) is 0. The van der Waals surface area contributed by atoms with Gasteiger partial charge in [0.2, 0.25) is 0 Å². The molecule has 0 bridgehead atoms. The molecule has 6 nitrogen and oxygen atoms in total.